The quantitative estimate of drug-likeness (QED) is 0.644. The lowest BCUT2D eigenvalue weighted by Crippen LogP contribution is -2.34. The molecule has 0 aromatic rings. The maximum atomic E-state index is 6.34. The van der Waals surface area contributed by atoms with E-state index >= 15 is 0 Å². The number of nitrogens with one attached hydrogen (secondary N) is 1. The van der Waals surface area contributed by atoms with Crippen LogP contribution < -0.4 is 5.32 Å². The van der Waals surface area contributed by atoms with E-state index in [1.807, 2.05) is 0 Å². The van der Waals surface area contributed by atoms with Crippen molar-refractivity contribution in [3.05, 3.63) is 35.5 Å². The van der Waals surface area contributed by atoms with Gasteiger partial charge in [0.05, 0.1) is 12.2 Å². The van der Waals surface area contributed by atoms with Crippen molar-refractivity contribution in [2.24, 2.45) is 5.41 Å². The van der Waals surface area contributed by atoms with Crippen molar-refractivity contribution in [1.82, 2.24) is 5.32 Å². The Bertz CT molecular complexity index is 434. The van der Waals surface area contributed by atoms with Crippen molar-refractivity contribution in [3.63, 3.8) is 0 Å². The molecule has 0 aromatic heterocycles. The van der Waals surface area contributed by atoms with Crippen LogP contribution in [0, 0.1) is 5.41 Å². The summed E-state index contributed by atoms with van der Waals surface area (Å²) in [6.45, 7) is 2.13. The molecule has 1 spiro atoms. The molecule has 3 atom stereocenters. The van der Waals surface area contributed by atoms with Crippen LogP contribution in [0.25, 0.3) is 0 Å². The van der Waals surface area contributed by atoms with Crippen molar-refractivity contribution < 1.29 is 4.74 Å². The Hall–Kier alpha value is -0.860. The van der Waals surface area contributed by atoms with Gasteiger partial charge in [0.25, 0.3) is 0 Å². The van der Waals surface area contributed by atoms with Gasteiger partial charge in [-0.1, -0.05) is 24.3 Å². The molecule has 0 amide bonds. The van der Waals surface area contributed by atoms with Crippen molar-refractivity contribution in [3.8, 4) is 0 Å². The van der Waals surface area contributed by atoms with E-state index in [0.717, 1.165) is 19.5 Å². The van der Waals surface area contributed by atoms with E-state index in [2.05, 4.69) is 29.6 Å². The van der Waals surface area contributed by atoms with Gasteiger partial charge < -0.3 is 10.1 Å². The van der Waals surface area contributed by atoms with Gasteiger partial charge in [0.2, 0.25) is 0 Å². The van der Waals surface area contributed by atoms with Crippen molar-refractivity contribution in [2.45, 2.75) is 37.9 Å². The topological polar surface area (TPSA) is 21.3 Å². The van der Waals surface area contributed by atoms with E-state index in [0.29, 0.717) is 12.2 Å². The van der Waals surface area contributed by atoms with Gasteiger partial charge in [-0.3, -0.25) is 0 Å². The van der Waals surface area contributed by atoms with E-state index in [1.54, 1.807) is 5.57 Å². The second kappa shape index (κ2) is 3.56. The molecule has 90 valence electrons. The fourth-order valence-electron chi connectivity index (χ4n) is 4.08. The van der Waals surface area contributed by atoms with Gasteiger partial charge >= 0.3 is 0 Å². The minimum atomic E-state index is 0.229. The van der Waals surface area contributed by atoms with Crippen LogP contribution >= 0.6 is 0 Å². The molecule has 17 heavy (non-hydrogen) atoms. The van der Waals surface area contributed by atoms with Gasteiger partial charge in [-0.2, -0.15) is 0 Å². The summed E-state index contributed by atoms with van der Waals surface area (Å²) in [7, 11) is 0. The molecule has 0 bridgehead atoms. The molecular weight excluding hydrogens is 210 g/mol. The Labute approximate surface area is 102 Å². The smallest absolute Gasteiger partial charge is 0.0839 e. The predicted octanol–water partition coefficient (Wildman–Crippen LogP) is 2.34. The SMILES string of the molecule is C1=CC23CCNCC4=C2C(CC=C4)OC3CC1. The minimum absolute atomic E-state index is 0.229. The van der Waals surface area contributed by atoms with Gasteiger partial charge in [-0.25, -0.2) is 0 Å². The molecule has 2 aliphatic heterocycles. The van der Waals surface area contributed by atoms with Crippen molar-refractivity contribution in [2.75, 3.05) is 13.1 Å². The highest BCUT2D eigenvalue weighted by atomic mass is 16.5. The summed E-state index contributed by atoms with van der Waals surface area (Å²) in [5.74, 6) is 0. The molecule has 4 rings (SSSR count). The highest BCUT2D eigenvalue weighted by molar-refractivity contribution is 5.45. The van der Waals surface area contributed by atoms with E-state index in [-0.39, 0.29) is 5.41 Å². The van der Waals surface area contributed by atoms with Crippen molar-refractivity contribution >= 4 is 0 Å². The van der Waals surface area contributed by atoms with Crippen LogP contribution in [-0.2, 0) is 4.74 Å². The summed E-state index contributed by atoms with van der Waals surface area (Å²) in [6.07, 6.45) is 14.9. The lowest BCUT2D eigenvalue weighted by molar-refractivity contribution is 0.0145. The van der Waals surface area contributed by atoms with Gasteiger partial charge in [0.1, 0.15) is 0 Å². The van der Waals surface area contributed by atoms with Gasteiger partial charge in [0, 0.05) is 12.0 Å². The van der Waals surface area contributed by atoms with E-state index < -0.39 is 0 Å². The molecule has 1 saturated heterocycles. The highest BCUT2D eigenvalue weighted by Crippen LogP contribution is 2.54. The summed E-state index contributed by atoms with van der Waals surface area (Å²) in [5.41, 5.74) is 3.32. The first kappa shape index (κ1) is 10.1. The second-order valence-electron chi connectivity index (χ2n) is 5.64. The average Bonchev–Trinajstić information content (AvgIpc) is 2.58. The van der Waals surface area contributed by atoms with Crippen LogP contribution in [0.4, 0.5) is 0 Å². The summed E-state index contributed by atoms with van der Waals surface area (Å²) < 4.78 is 6.34. The average molecular weight is 229 g/mol. The Morgan fingerprint density at radius 2 is 2.35 bits per heavy atom. The molecule has 3 unspecified atom stereocenters. The number of allylic oxidation sites excluding steroid dienone is 1. The molecule has 0 saturated carbocycles. The molecule has 2 heterocycles. The molecule has 1 N–H and O–H groups in total. The van der Waals surface area contributed by atoms with Crippen LogP contribution in [0.5, 0.6) is 0 Å². The number of hydrogen-bond donors (Lipinski definition) is 1. The van der Waals surface area contributed by atoms with Crippen molar-refractivity contribution in [1.29, 1.82) is 0 Å². The maximum Gasteiger partial charge on any atom is 0.0839 e. The summed E-state index contributed by atoms with van der Waals surface area (Å²) in [5, 5.41) is 3.56. The highest BCUT2D eigenvalue weighted by Gasteiger charge is 2.52. The third-order valence-electron chi connectivity index (χ3n) is 4.78. The van der Waals surface area contributed by atoms with Crippen LogP contribution in [0.2, 0.25) is 0 Å². The zero-order valence-corrected chi connectivity index (χ0v) is 10.1. The Morgan fingerprint density at radius 1 is 1.35 bits per heavy atom. The van der Waals surface area contributed by atoms with Gasteiger partial charge in [-0.05, 0) is 43.4 Å². The second-order valence-corrected chi connectivity index (χ2v) is 5.64. The number of ether oxygens (including phenoxy) is 1. The lowest BCUT2D eigenvalue weighted by atomic mass is 9.67. The Morgan fingerprint density at radius 3 is 3.35 bits per heavy atom. The summed E-state index contributed by atoms with van der Waals surface area (Å²) in [6, 6.07) is 0. The van der Waals surface area contributed by atoms with Crippen LogP contribution in [-0.4, -0.2) is 25.3 Å². The normalized spacial score (nSPS) is 43.3. The van der Waals surface area contributed by atoms with Gasteiger partial charge in [0.15, 0.2) is 0 Å². The van der Waals surface area contributed by atoms with Crippen LogP contribution in [0.15, 0.2) is 35.5 Å². The first-order valence-electron chi connectivity index (χ1n) is 6.84. The minimum Gasteiger partial charge on any atom is -0.369 e. The molecule has 2 aliphatic carbocycles. The Kier molecular flexibility index (Phi) is 2.12. The molecule has 4 aliphatic rings. The fourth-order valence-corrected chi connectivity index (χ4v) is 4.08. The number of hydrogen-bond acceptors (Lipinski definition) is 2. The fraction of sp³-hybridized carbons (Fsp3) is 0.600. The zero-order valence-electron chi connectivity index (χ0n) is 10.1. The van der Waals surface area contributed by atoms with E-state index in [9.17, 15) is 0 Å². The first-order chi connectivity index (χ1) is 8.40. The number of rotatable bonds is 0. The molecule has 2 nitrogen and oxygen atoms in total. The molecule has 1 fully saturated rings. The van der Waals surface area contributed by atoms with Crippen LogP contribution in [0.3, 0.4) is 0 Å². The van der Waals surface area contributed by atoms with E-state index in [4.69, 9.17) is 4.74 Å². The maximum absolute atomic E-state index is 6.34. The van der Waals surface area contributed by atoms with Crippen LogP contribution in [0.1, 0.15) is 25.7 Å². The Balaban J connectivity index is 1.91. The standard InChI is InChI=1S/C15H19NO/c1-2-7-15-8-9-16-10-11-4-3-5-12(14(11)15)17-13(15)6-1/h2-4,7,12-13,16H,1,5-6,8-10H2. The third-order valence-corrected chi connectivity index (χ3v) is 4.78. The van der Waals surface area contributed by atoms with E-state index in [1.165, 1.54) is 24.8 Å². The first-order valence-corrected chi connectivity index (χ1v) is 6.84. The molecular formula is C15H19NO. The predicted molar refractivity (Wildman–Crippen MR) is 67.7 cm³/mol. The summed E-state index contributed by atoms with van der Waals surface area (Å²) >= 11 is 0. The lowest BCUT2D eigenvalue weighted by Gasteiger charge is -2.35. The zero-order chi connectivity index (χ0) is 11.3. The third kappa shape index (κ3) is 1.28. The monoisotopic (exact) mass is 229 g/mol. The summed E-state index contributed by atoms with van der Waals surface area (Å²) in [4.78, 5) is 0. The molecule has 2 heteroatoms. The molecule has 0 radical (unpaired) electrons. The molecule has 0 aromatic carbocycles. The largest absolute Gasteiger partial charge is 0.369 e. The van der Waals surface area contributed by atoms with Gasteiger partial charge in [-0.15, -0.1) is 0 Å².